The molecule has 4 saturated carbocycles. The van der Waals surface area contributed by atoms with Gasteiger partial charge in [0.15, 0.2) is 0 Å². The van der Waals surface area contributed by atoms with Crippen LogP contribution in [-0.2, 0) is 21.6 Å². The second-order valence-corrected chi connectivity index (χ2v) is 13.6. The molecule has 6 aliphatic rings. The van der Waals surface area contributed by atoms with Gasteiger partial charge < -0.3 is 14.9 Å². The van der Waals surface area contributed by atoms with Crippen LogP contribution in [0.4, 0.5) is 11.4 Å². The molecule has 8 nitrogen and oxygen atoms in total. The first-order chi connectivity index (χ1) is 19.1. The summed E-state index contributed by atoms with van der Waals surface area (Å²) in [4.78, 5) is 43.7. The molecule has 40 heavy (non-hydrogen) atoms. The van der Waals surface area contributed by atoms with E-state index < -0.39 is 16.4 Å². The Hall–Kier alpha value is -3.26. The fourth-order valence-corrected chi connectivity index (χ4v) is 9.73. The van der Waals surface area contributed by atoms with E-state index in [1.54, 1.807) is 17.0 Å². The molecule has 2 aromatic rings. The lowest BCUT2D eigenvalue weighted by Crippen LogP contribution is -2.57. The van der Waals surface area contributed by atoms with Crippen LogP contribution in [0.3, 0.4) is 0 Å². The molecule has 2 aliphatic heterocycles. The third-order valence-electron chi connectivity index (χ3n) is 10.7. The average molecular weight is 544 g/mol. The summed E-state index contributed by atoms with van der Waals surface area (Å²) in [5, 5.41) is 21.4. The molecule has 0 aromatic heterocycles. The van der Waals surface area contributed by atoms with Crippen LogP contribution in [0, 0.1) is 33.3 Å². The minimum atomic E-state index is -1.17. The predicted octanol–water partition coefficient (Wildman–Crippen LogP) is 5.27. The summed E-state index contributed by atoms with van der Waals surface area (Å²) in [6, 6.07) is 11.3. The van der Waals surface area contributed by atoms with Crippen molar-refractivity contribution in [2.45, 2.75) is 82.9 Å². The number of likely N-dealkylation sites (tertiary alicyclic amines) is 1. The highest BCUT2D eigenvalue weighted by Crippen LogP contribution is 2.63. The quantitative estimate of drug-likeness (QED) is 0.395. The van der Waals surface area contributed by atoms with E-state index in [0.29, 0.717) is 12.1 Å². The molecular formula is C32H37N3O5. The fourth-order valence-electron chi connectivity index (χ4n) is 9.73. The number of benzene rings is 2. The molecule has 2 aromatic carbocycles. The summed E-state index contributed by atoms with van der Waals surface area (Å²) in [6.07, 6.45) is 7.46. The maximum Gasteiger partial charge on any atom is 0.269 e. The first-order valence-electron chi connectivity index (χ1n) is 14.8. The first kappa shape index (κ1) is 25.7. The number of non-ortho nitro benzene ring substituents is 1. The Balaban J connectivity index is 1.40. The molecule has 8 heteroatoms. The number of carbonyl (C=O) groups excluding carboxylic acids is 2. The minimum Gasteiger partial charge on any atom is -0.392 e. The highest BCUT2D eigenvalue weighted by atomic mass is 16.6. The van der Waals surface area contributed by atoms with Gasteiger partial charge in [-0.1, -0.05) is 24.3 Å². The van der Waals surface area contributed by atoms with Gasteiger partial charge in [0.25, 0.3) is 5.69 Å². The van der Waals surface area contributed by atoms with Gasteiger partial charge in [-0.15, -0.1) is 0 Å². The number of aliphatic hydroxyl groups is 1. The standard InChI is InChI=1S/C32H37N3O5/c1-19(2)34-27-12-20(17-36)3-8-26(27)29-32(30(34)38,24-4-6-25(7-5-24)35(39)40)16-28(37)33(29)18-31-13-21-9-22(14-31)11-23(10-21)15-31/h3-8,12,19,21-23,29,36H,9-11,13-18H2,1-2H3/t21?,22?,23?,29-,31?,32-/m1/s1. The number of nitrogens with zero attached hydrogens (tertiary/aromatic N) is 3. The van der Waals surface area contributed by atoms with Gasteiger partial charge in [-0.2, -0.15) is 0 Å². The van der Waals surface area contributed by atoms with Crippen molar-refractivity contribution in [3.05, 3.63) is 69.3 Å². The number of nitro groups is 1. The Morgan fingerprint density at radius 1 is 1.00 bits per heavy atom. The van der Waals surface area contributed by atoms with E-state index in [1.165, 1.54) is 31.4 Å². The van der Waals surface area contributed by atoms with E-state index in [1.807, 2.05) is 36.9 Å². The SMILES string of the molecule is CC(C)N1C(=O)[C@@]2(c3ccc([N+](=O)[O-])cc3)CC(=O)N(CC34CC5CC(CC(C5)C3)C4)[C@@H]2c2ccc(CO)cc21. The molecule has 0 spiro atoms. The summed E-state index contributed by atoms with van der Waals surface area (Å²) >= 11 is 0. The Labute approximate surface area is 234 Å². The van der Waals surface area contributed by atoms with Crippen molar-refractivity contribution in [2.75, 3.05) is 11.4 Å². The molecule has 0 unspecified atom stereocenters. The van der Waals surface area contributed by atoms with E-state index in [9.17, 15) is 24.8 Å². The topological polar surface area (TPSA) is 104 Å². The molecule has 8 rings (SSSR count). The molecule has 2 heterocycles. The Morgan fingerprint density at radius 3 is 2.17 bits per heavy atom. The highest BCUT2D eigenvalue weighted by molar-refractivity contribution is 6.09. The van der Waals surface area contributed by atoms with Crippen molar-refractivity contribution in [1.29, 1.82) is 0 Å². The normalized spacial score (nSPS) is 34.0. The molecule has 0 radical (unpaired) electrons. The lowest BCUT2D eigenvalue weighted by molar-refractivity contribution is -0.384. The van der Waals surface area contributed by atoms with Gasteiger partial charge >= 0.3 is 0 Å². The zero-order chi connectivity index (χ0) is 28.0. The van der Waals surface area contributed by atoms with Gasteiger partial charge in [0.05, 0.1) is 17.6 Å². The maximum absolute atomic E-state index is 14.8. The highest BCUT2D eigenvalue weighted by Gasteiger charge is 2.64. The summed E-state index contributed by atoms with van der Waals surface area (Å²) in [6.45, 7) is 4.44. The molecular weight excluding hydrogens is 506 g/mol. The molecule has 5 fully saturated rings. The van der Waals surface area contributed by atoms with Gasteiger partial charge in [0.2, 0.25) is 11.8 Å². The van der Waals surface area contributed by atoms with Crippen molar-refractivity contribution in [3.63, 3.8) is 0 Å². The smallest absolute Gasteiger partial charge is 0.269 e. The van der Waals surface area contributed by atoms with Gasteiger partial charge in [0, 0.05) is 36.8 Å². The third kappa shape index (κ3) is 3.60. The summed E-state index contributed by atoms with van der Waals surface area (Å²) in [5.41, 5.74) is 1.92. The van der Waals surface area contributed by atoms with Gasteiger partial charge in [0.1, 0.15) is 5.41 Å². The van der Waals surface area contributed by atoms with Crippen molar-refractivity contribution in [2.24, 2.45) is 23.2 Å². The third-order valence-corrected chi connectivity index (χ3v) is 10.7. The van der Waals surface area contributed by atoms with Crippen LogP contribution < -0.4 is 4.90 Å². The molecule has 1 N–H and O–H groups in total. The van der Waals surface area contributed by atoms with E-state index in [4.69, 9.17) is 0 Å². The first-order valence-corrected chi connectivity index (χ1v) is 14.8. The van der Waals surface area contributed by atoms with Crippen LogP contribution in [0.1, 0.15) is 81.5 Å². The minimum absolute atomic E-state index is 0.0183. The predicted molar refractivity (Wildman–Crippen MR) is 149 cm³/mol. The van der Waals surface area contributed by atoms with Crippen LogP contribution in [0.25, 0.3) is 0 Å². The average Bonchev–Trinajstić information content (AvgIpc) is 3.20. The van der Waals surface area contributed by atoms with Gasteiger partial charge in [-0.3, -0.25) is 19.7 Å². The number of anilines is 1. The number of rotatable bonds is 6. The molecule has 2 atom stereocenters. The summed E-state index contributed by atoms with van der Waals surface area (Å²) in [7, 11) is 0. The number of nitro benzene ring substituents is 1. The van der Waals surface area contributed by atoms with Crippen molar-refractivity contribution < 1.29 is 19.6 Å². The lowest BCUT2D eigenvalue weighted by atomic mass is 9.49. The van der Waals surface area contributed by atoms with Crippen LogP contribution in [0.2, 0.25) is 0 Å². The van der Waals surface area contributed by atoms with E-state index in [-0.39, 0.29) is 42.0 Å². The Kier molecular flexibility index (Phi) is 5.70. The molecule has 2 amide bonds. The molecule has 4 bridgehead atoms. The maximum atomic E-state index is 14.8. The van der Waals surface area contributed by atoms with Gasteiger partial charge in [-0.25, -0.2) is 0 Å². The van der Waals surface area contributed by atoms with Gasteiger partial charge in [-0.05, 0) is 98.3 Å². The van der Waals surface area contributed by atoms with Crippen LogP contribution in [-0.4, -0.2) is 39.3 Å². The van der Waals surface area contributed by atoms with Crippen LogP contribution in [0.5, 0.6) is 0 Å². The number of aliphatic hydroxyl groups excluding tert-OH is 1. The number of hydrogen-bond acceptors (Lipinski definition) is 5. The van der Waals surface area contributed by atoms with E-state index in [2.05, 4.69) is 0 Å². The van der Waals surface area contributed by atoms with Crippen LogP contribution in [0.15, 0.2) is 42.5 Å². The van der Waals surface area contributed by atoms with Crippen molar-refractivity contribution in [1.82, 2.24) is 4.90 Å². The van der Waals surface area contributed by atoms with Crippen molar-refractivity contribution in [3.8, 4) is 0 Å². The molecule has 1 saturated heterocycles. The van der Waals surface area contributed by atoms with E-state index >= 15 is 0 Å². The lowest BCUT2D eigenvalue weighted by Gasteiger charge is -2.58. The number of carbonyl (C=O) groups is 2. The fraction of sp³-hybridized carbons (Fsp3) is 0.562. The second-order valence-electron chi connectivity index (χ2n) is 13.6. The molecule has 4 aliphatic carbocycles. The molecule has 210 valence electrons. The van der Waals surface area contributed by atoms with E-state index in [0.717, 1.165) is 53.8 Å². The largest absolute Gasteiger partial charge is 0.392 e. The van der Waals surface area contributed by atoms with Crippen LogP contribution >= 0.6 is 0 Å². The second kappa shape index (κ2) is 8.87. The number of fused-ring (bicyclic) bond motifs is 3. The van der Waals surface area contributed by atoms with Crippen molar-refractivity contribution >= 4 is 23.2 Å². The number of hydrogen-bond donors (Lipinski definition) is 1. The summed E-state index contributed by atoms with van der Waals surface area (Å²) in [5.74, 6) is 2.06. The Bertz CT molecular complexity index is 1370. The monoisotopic (exact) mass is 543 g/mol. The number of amides is 2. The summed E-state index contributed by atoms with van der Waals surface area (Å²) < 4.78 is 0. The zero-order valence-corrected chi connectivity index (χ0v) is 23.2. The zero-order valence-electron chi connectivity index (χ0n) is 23.2. The Morgan fingerprint density at radius 2 is 1.62 bits per heavy atom.